The van der Waals surface area contributed by atoms with E-state index in [9.17, 15) is 13.6 Å². The second kappa shape index (κ2) is 9.62. The van der Waals surface area contributed by atoms with E-state index in [1.54, 1.807) is 0 Å². The lowest BCUT2D eigenvalue weighted by molar-refractivity contribution is -0.149. The molecule has 0 aromatic heterocycles. The average Bonchev–Trinajstić information content (AvgIpc) is 2.96. The molecular formula is C18H21O6S-. The van der Waals surface area contributed by atoms with E-state index < -0.39 is 34.7 Å². The van der Waals surface area contributed by atoms with Crippen molar-refractivity contribution in [3.8, 4) is 0 Å². The molecule has 0 spiro atoms. The maximum Gasteiger partial charge on any atom is 0.320 e. The third-order valence-electron chi connectivity index (χ3n) is 3.75. The molecule has 1 saturated heterocycles. The van der Waals surface area contributed by atoms with Gasteiger partial charge in [-0.15, -0.1) is 0 Å². The molecule has 1 fully saturated rings. The zero-order valence-corrected chi connectivity index (χ0v) is 14.6. The monoisotopic (exact) mass is 365 g/mol. The zero-order valence-electron chi connectivity index (χ0n) is 13.8. The van der Waals surface area contributed by atoms with Crippen LogP contribution in [-0.2, 0) is 36.7 Å². The van der Waals surface area contributed by atoms with Gasteiger partial charge in [0.2, 0.25) is 0 Å². The highest BCUT2D eigenvalue weighted by Crippen LogP contribution is 2.30. The minimum Gasteiger partial charge on any atom is -0.772 e. The van der Waals surface area contributed by atoms with Gasteiger partial charge in [-0.05, 0) is 22.2 Å². The van der Waals surface area contributed by atoms with E-state index in [1.807, 2.05) is 30.3 Å². The van der Waals surface area contributed by atoms with Crippen LogP contribution < -0.4 is 0 Å². The van der Waals surface area contributed by atoms with E-state index in [1.165, 1.54) is 6.08 Å². The Labute approximate surface area is 149 Å². The van der Waals surface area contributed by atoms with Crippen molar-refractivity contribution < 1.29 is 27.8 Å². The van der Waals surface area contributed by atoms with Crippen LogP contribution >= 0.6 is 0 Å². The fourth-order valence-corrected chi connectivity index (χ4v) is 3.00. The van der Waals surface area contributed by atoms with E-state index in [2.05, 4.69) is 13.2 Å². The molecule has 6 nitrogen and oxygen atoms in total. The summed E-state index contributed by atoms with van der Waals surface area (Å²) in [5.41, 5.74) is 1.71. The first-order valence-electron chi connectivity index (χ1n) is 7.85. The first kappa shape index (κ1) is 19.5. The fraction of sp³-hybridized carbons (Fsp3) is 0.389. The van der Waals surface area contributed by atoms with E-state index in [4.69, 9.17) is 14.2 Å². The fourth-order valence-electron chi connectivity index (χ4n) is 2.44. The Hall–Kier alpha value is -1.80. The summed E-state index contributed by atoms with van der Waals surface area (Å²) in [7, 11) is 0. The second-order valence-electron chi connectivity index (χ2n) is 5.62. The van der Waals surface area contributed by atoms with Gasteiger partial charge in [-0.25, -0.2) is 0 Å². The Morgan fingerprint density at radius 1 is 1.44 bits per heavy atom. The van der Waals surface area contributed by atoms with Crippen LogP contribution in [0.3, 0.4) is 0 Å². The molecule has 7 heteroatoms. The number of rotatable bonds is 9. The van der Waals surface area contributed by atoms with Crippen LogP contribution in [0.2, 0.25) is 0 Å². The van der Waals surface area contributed by atoms with Gasteiger partial charge in [0.05, 0.1) is 12.7 Å². The van der Waals surface area contributed by atoms with Gasteiger partial charge in [0.25, 0.3) is 0 Å². The van der Waals surface area contributed by atoms with Crippen molar-refractivity contribution >= 4 is 17.0 Å². The molecule has 25 heavy (non-hydrogen) atoms. The molecule has 1 aliphatic rings. The highest BCUT2D eigenvalue weighted by Gasteiger charge is 2.34. The molecule has 1 heterocycles. The lowest BCUT2D eigenvalue weighted by Gasteiger charge is -2.22. The molecule has 136 valence electrons. The van der Waals surface area contributed by atoms with Gasteiger partial charge >= 0.3 is 5.97 Å². The zero-order chi connectivity index (χ0) is 18.2. The summed E-state index contributed by atoms with van der Waals surface area (Å²) in [5.74, 6) is -0.821. The molecule has 2 rings (SSSR count). The summed E-state index contributed by atoms with van der Waals surface area (Å²) in [5, 5.41) is -1.31. The van der Waals surface area contributed by atoms with Crippen LogP contribution in [0.1, 0.15) is 18.4 Å². The average molecular weight is 365 g/mol. The quantitative estimate of drug-likeness (QED) is 0.379. The molecule has 0 saturated carbocycles. The van der Waals surface area contributed by atoms with Crippen molar-refractivity contribution in [3.05, 3.63) is 60.7 Å². The van der Waals surface area contributed by atoms with Gasteiger partial charge in [-0.2, -0.15) is 0 Å². The summed E-state index contributed by atoms with van der Waals surface area (Å²) in [6.45, 7) is 7.66. The van der Waals surface area contributed by atoms with Crippen LogP contribution in [0.25, 0.3) is 0 Å². The van der Waals surface area contributed by atoms with Crippen LogP contribution in [0, 0.1) is 0 Å². The molecule has 1 aromatic carbocycles. The molecule has 1 aromatic rings. The van der Waals surface area contributed by atoms with Gasteiger partial charge in [0, 0.05) is 12.8 Å². The lowest BCUT2D eigenvalue weighted by atomic mass is 10.1. The van der Waals surface area contributed by atoms with Gasteiger partial charge in [0.1, 0.15) is 11.9 Å². The maximum absolute atomic E-state index is 11.9. The van der Waals surface area contributed by atoms with Gasteiger partial charge in [0.15, 0.2) is 6.29 Å². The van der Waals surface area contributed by atoms with Crippen molar-refractivity contribution in [1.82, 2.24) is 0 Å². The second-order valence-corrected chi connectivity index (χ2v) is 6.71. The van der Waals surface area contributed by atoms with Gasteiger partial charge in [-0.1, -0.05) is 49.6 Å². The van der Waals surface area contributed by atoms with E-state index >= 15 is 0 Å². The number of carbonyl (C=O) groups is 1. The first-order chi connectivity index (χ1) is 12.0. The van der Waals surface area contributed by atoms with Crippen LogP contribution in [0.5, 0.6) is 0 Å². The van der Waals surface area contributed by atoms with Crippen molar-refractivity contribution in [2.45, 2.75) is 37.1 Å². The molecule has 4 unspecified atom stereocenters. The minimum atomic E-state index is -2.61. The number of benzene rings is 1. The largest absolute Gasteiger partial charge is 0.772 e. The molecule has 0 aliphatic carbocycles. The van der Waals surface area contributed by atoms with Crippen molar-refractivity contribution in [3.63, 3.8) is 0 Å². The molecule has 0 radical (unpaired) electrons. The SMILES string of the molecule is C=CCOC(=O)C(CC1OC(OCc2ccccc2)CC1=C)S(=O)[O-]. The third kappa shape index (κ3) is 5.89. The number of carbonyl (C=O) groups excluding carboxylic acids is 1. The highest BCUT2D eigenvalue weighted by atomic mass is 32.2. The standard InChI is InChI=1S/C18H22O6S/c1-3-9-22-18(19)16(25(20)21)11-15-13(2)10-17(24-15)23-12-14-7-5-4-6-8-14/h3-8,15-17H,1-2,9-12H2,(H,20,21)/p-1. The normalized spacial score (nSPS) is 22.4. The predicted molar refractivity (Wildman–Crippen MR) is 92.1 cm³/mol. The summed E-state index contributed by atoms with van der Waals surface area (Å²) in [6, 6.07) is 9.63. The maximum atomic E-state index is 11.9. The van der Waals surface area contributed by atoms with E-state index in [-0.39, 0.29) is 13.0 Å². The van der Waals surface area contributed by atoms with Crippen molar-refractivity contribution in [1.29, 1.82) is 0 Å². The molecular weight excluding hydrogens is 344 g/mol. The molecule has 0 amide bonds. The lowest BCUT2D eigenvalue weighted by Crippen LogP contribution is -2.32. The van der Waals surface area contributed by atoms with Gasteiger partial charge in [-0.3, -0.25) is 9.00 Å². The third-order valence-corrected chi connectivity index (χ3v) is 4.60. The molecule has 4 atom stereocenters. The van der Waals surface area contributed by atoms with Crippen LogP contribution in [0.15, 0.2) is 55.1 Å². The number of hydrogen-bond donors (Lipinski definition) is 0. The van der Waals surface area contributed by atoms with Crippen molar-refractivity contribution in [2.24, 2.45) is 0 Å². The Balaban J connectivity index is 1.88. The predicted octanol–water partition coefficient (Wildman–Crippen LogP) is 2.24. The Kier molecular flexibility index (Phi) is 7.52. The van der Waals surface area contributed by atoms with E-state index in [0.29, 0.717) is 18.6 Å². The minimum absolute atomic E-state index is 0.0399. The van der Waals surface area contributed by atoms with Gasteiger partial charge < -0.3 is 18.8 Å². The molecule has 0 N–H and O–H groups in total. The Bertz CT molecular complexity index is 630. The first-order valence-corrected chi connectivity index (χ1v) is 8.99. The number of hydrogen-bond acceptors (Lipinski definition) is 6. The number of ether oxygens (including phenoxy) is 3. The summed E-state index contributed by atoms with van der Waals surface area (Å²) in [6.07, 6.45) is 0.705. The summed E-state index contributed by atoms with van der Waals surface area (Å²) in [4.78, 5) is 11.9. The summed E-state index contributed by atoms with van der Waals surface area (Å²) < 4.78 is 38.9. The molecule has 0 bridgehead atoms. The summed E-state index contributed by atoms with van der Waals surface area (Å²) >= 11 is -2.61. The van der Waals surface area contributed by atoms with Crippen LogP contribution in [-0.4, -0.2) is 39.0 Å². The molecule has 1 aliphatic heterocycles. The Morgan fingerprint density at radius 3 is 2.80 bits per heavy atom. The highest BCUT2D eigenvalue weighted by molar-refractivity contribution is 7.80. The van der Waals surface area contributed by atoms with Crippen LogP contribution in [0.4, 0.5) is 0 Å². The number of esters is 1. The van der Waals surface area contributed by atoms with E-state index in [0.717, 1.165) is 5.56 Å². The van der Waals surface area contributed by atoms with Crippen molar-refractivity contribution in [2.75, 3.05) is 6.61 Å². The smallest absolute Gasteiger partial charge is 0.320 e. The topological polar surface area (TPSA) is 84.9 Å². The Morgan fingerprint density at radius 2 is 2.16 bits per heavy atom.